The van der Waals surface area contributed by atoms with Gasteiger partial charge in [0.15, 0.2) is 5.60 Å². The van der Waals surface area contributed by atoms with Crippen molar-refractivity contribution in [2.75, 3.05) is 6.54 Å². The van der Waals surface area contributed by atoms with Crippen LogP contribution in [0.15, 0.2) is 42.5 Å². The van der Waals surface area contributed by atoms with Gasteiger partial charge in [-0.05, 0) is 55.4 Å². The molecule has 7 rings (SSSR count). The van der Waals surface area contributed by atoms with E-state index in [-0.39, 0.29) is 41.3 Å². The number of carbonyl (C=O) groups excluding carboxylic acids is 3. The van der Waals surface area contributed by atoms with Gasteiger partial charge in [-0.2, -0.15) is 5.26 Å². The predicted octanol–water partition coefficient (Wildman–Crippen LogP) is 3.50. The van der Waals surface area contributed by atoms with Gasteiger partial charge in [0.2, 0.25) is 11.8 Å². The number of piperidine rings is 3. The number of nitrogens with zero attached hydrogens (tertiary/aromatic N) is 2. The molecule has 3 amide bonds. The number of nitrogens with one attached hydrogen (secondary N) is 2. The fourth-order valence-corrected chi connectivity index (χ4v) is 7.36. The molecule has 3 aliphatic heterocycles. The third kappa shape index (κ3) is 4.37. The van der Waals surface area contributed by atoms with Crippen molar-refractivity contribution in [2.24, 2.45) is 11.8 Å². The van der Waals surface area contributed by atoms with Crippen molar-refractivity contribution in [1.82, 2.24) is 15.5 Å². The first-order valence-corrected chi connectivity index (χ1v) is 14.2. The van der Waals surface area contributed by atoms with Crippen molar-refractivity contribution in [3.05, 3.63) is 58.6 Å². The topological polar surface area (TPSA) is 123 Å². The fourth-order valence-electron chi connectivity index (χ4n) is 7.19. The van der Waals surface area contributed by atoms with Crippen molar-refractivity contribution in [3.63, 3.8) is 0 Å². The van der Waals surface area contributed by atoms with E-state index in [1.54, 1.807) is 36.4 Å². The molecular formula is C30H29ClF2N4O4. The minimum atomic E-state index is -3.22. The number of carbonyl (C=O) groups is 3. The molecule has 3 N–H and O–H groups in total. The monoisotopic (exact) mass is 582 g/mol. The number of halogens is 3. The van der Waals surface area contributed by atoms with Crippen LogP contribution in [0.4, 0.5) is 8.78 Å². The summed E-state index contributed by atoms with van der Waals surface area (Å²) in [5, 5.41) is 27.6. The number of rotatable bonds is 5. The second-order valence-electron chi connectivity index (χ2n) is 11.5. The van der Waals surface area contributed by atoms with E-state index < -0.39 is 59.7 Å². The minimum absolute atomic E-state index is 0.0131. The highest BCUT2D eigenvalue weighted by molar-refractivity contribution is 6.31. The van der Waals surface area contributed by atoms with Gasteiger partial charge in [-0.15, -0.1) is 0 Å². The van der Waals surface area contributed by atoms with Crippen molar-refractivity contribution in [1.29, 1.82) is 5.26 Å². The lowest BCUT2D eigenvalue weighted by Crippen LogP contribution is -2.70. The maximum atomic E-state index is 15.3. The van der Waals surface area contributed by atoms with Crippen molar-refractivity contribution >= 4 is 29.3 Å². The molecular weight excluding hydrogens is 554 g/mol. The number of hydrogen-bond acceptors (Lipinski definition) is 5. The molecule has 1 saturated carbocycles. The highest BCUT2D eigenvalue weighted by Gasteiger charge is 2.63. The Morgan fingerprint density at radius 2 is 1.93 bits per heavy atom. The zero-order chi connectivity index (χ0) is 29.1. The molecule has 41 heavy (non-hydrogen) atoms. The molecule has 2 aromatic rings. The fraction of sp³-hybridized carbons (Fsp3) is 0.467. The number of nitriles is 1. The molecule has 8 nitrogen and oxygen atoms in total. The Kier molecular flexibility index (Phi) is 6.78. The van der Waals surface area contributed by atoms with Crippen LogP contribution in [0.5, 0.6) is 0 Å². The van der Waals surface area contributed by atoms with Gasteiger partial charge in [0.25, 0.3) is 11.8 Å². The van der Waals surface area contributed by atoms with E-state index in [0.717, 1.165) is 11.3 Å². The first kappa shape index (κ1) is 27.6. The minimum Gasteiger partial charge on any atom is -0.372 e. The largest absolute Gasteiger partial charge is 0.372 e. The van der Waals surface area contributed by atoms with Crippen LogP contribution >= 0.6 is 11.6 Å². The molecule has 214 valence electrons. The number of fused-ring (bicyclic) bond motifs is 6. The summed E-state index contributed by atoms with van der Waals surface area (Å²) in [7, 11) is 0. The van der Waals surface area contributed by atoms with E-state index in [9.17, 15) is 24.8 Å². The second kappa shape index (κ2) is 10.1. The van der Waals surface area contributed by atoms with E-state index in [1.165, 1.54) is 6.07 Å². The SMILES string of the molecule is N#C[C@H](C[C@H]1CCCNC1=O)NC(=O)[C@@H]1[C@@H]2CC[C@@H](CC2(F)F)N1C(=O)[C@]1(O)c2ccccc2-c2ccc(Cl)cc21. The van der Waals surface area contributed by atoms with E-state index in [0.29, 0.717) is 24.1 Å². The van der Waals surface area contributed by atoms with Gasteiger partial charge < -0.3 is 20.6 Å². The molecule has 2 aromatic carbocycles. The van der Waals surface area contributed by atoms with Gasteiger partial charge in [0.05, 0.1) is 12.0 Å². The Labute approximate surface area is 240 Å². The standard InChI is InChI=1S/C30H29ClF2N4O4/c31-17-7-9-21-20-5-1-2-6-22(20)30(41,24(21)13-17)28(40)37-19-8-10-23(29(32,33)14-19)25(37)27(39)36-18(15-34)12-16-4-3-11-35-26(16)38/h1-2,5-7,9,13,16,18-19,23,25,41H,3-4,8,10-12,14H2,(H,35,38)(H,36,39)/t16-,18+,19+,23+,25+,30+/m1/s1. The van der Waals surface area contributed by atoms with Crippen LogP contribution in [0.1, 0.15) is 49.7 Å². The Bertz CT molecular complexity index is 1480. The molecule has 5 aliphatic rings. The van der Waals surface area contributed by atoms with Crippen LogP contribution in [0.2, 0.25) is 5.02 Å². The summed E-state index contributed by atoms with van der Waals surface area (Å²) in [5.41, 5.74) is -0.546. The molecule has 4 fully saturated rings. The molecule has 0 unspecified atom stereocenters. The summed E-state index contributed by atoms with van der Waals surface area (Å²) >= 11 is 6.27. The van der Waals surface area contributed by atoms with Gasteiger partial charge in [0, 0.05) is 41.1 Å². The number of hydrogen-bond donors (Lipinski definition) is 3. The van der Waals surface area contributed by atoms with E-state index in [1.807, 2.05) is 6.07 Å². The first-order valence-electron chi connectivity index (χ1n) is 13.9. The molecule has 3 heterocycles. The highest BCUT2D eigenvalue weighted by Crippen LogP contribution is 2.54. The lowest BCUT2D eigenvalue weighted by Gasteiger charge is -2.54. The predicted molar refractivity (Wildman–Crippen MR) is 144 cm³/mol. The lowest BCUT2D eigenvalue weighted by molar-refractivity contribution is -0.201. The number of alkyl halides is 2. The summed E-state index contributed by atoms with van der Waals surface area (Å²) in [4.78, 5) is 41.6. The van der Waals surface area contributed by atoms with Crippen LogP contribution in [-0.2, 0) is 20.0 Å². The third-order valence-electron chi connectivity index (χ3n) is 9.12. The average molecular weight is 583 g/mol. The summed E-state index contributed by atoms with van der Waals surface area (Å²) < 4.78 is 30.6. The number of aliphatic hydroxyl groups is 1. The molecule has 11 heteroatoms. The summed E-state index contributed by atoms with van der Waals surface area (Å²) in [5.74, 6) is -7.19. The van der Waals surface area contributed by atoms with E-state index >= 15 is 8.78 Å². The number of benzene rings is 2. The van der Waals surface area contributed by atoms with Crippen molar-refractivity contribution in [2.45, 2.75) is 68.2 Å². The Morgan fingerprint density at radius 1 is 1.17 bits per heavy atom. The van der Waals surface area contributed by atoms with E-state index in [4.69, 9.17) is 11.6 Å². The van der Waals surface area contributed by atoms with Gasteiger partial charge in [0.1, 0.15) is 12.1 Å². The third-order valence-corrected chi connectivity index (χ3v) is 9.35. The lowest BCUT2D eigenvalue weighted by atomic mass is 9.70. The molecule has 0 spiro atoms. The van der Waals surface area contributed by atoms with Crippen LogP contribution in [0, 0.1) is 23.2 Å². The van der Waals surface area contributed by atoms with Crippen LogP contribution in [0.3, 0.4) is 0 Å². The smallest absolute Gasteiger partial charge is 0.264 e. The van der Waals surface area contributed by atoms with Gasteiger partial charge >= 0.3 is 0 Å². The average Bonchev–Trinajstić information content (AvgIpc) is 3.21. The molecule has 6 atom stereocenters. The zero-order valence-corrected chi connectivity index (χ0v) is 22.8. The summed E-state index contributed by atoms with van der Waals surface area (Å²) in [6, 6.07) is 9.88. The maximum Gasteiger partial charge on any atom is 0.264 e. The van der Waals surface area contributed by atoms with Crippen LogP contribution in [0.25, 0.3) is 11.1 Å². The van der Waals surface area contributed by atoms with Crippen molar-refractivity contribution in [3.8, 4) is 17.2 Å². The Hall–Kier alpha value is -3.55. The first-order chi connectivity index (χ1) is 19.6. The Morgan fingerprint density at radius 3 is 2.66 bits per heavy atom. The normalized spacial score (nSPS) is 30.0. The second-order valence-corrected chi connectivity index (χ2v) is 11.9. The molecule has 2 bridgehead atoms. The highest BCUT2D eigenvalue weighted by atomic mass is 35.5. The quantitative estimate of drug-likeness (QED) is 0.498. The zero-order valence-electron chi connectivity index (χ0n) is 22.1. The number of amides is 3. The van der Waals surface area contributed by atoms with Gasteiger partial charge in [-0.1, -0.05) is 41.9 Å². The van der Waals surface area contributed by atoms with Crippen LogP contribution < -0.4 is 10.6 Å². The molecule has 3 saturated heterocycles. The summed E-state index contributed by atoms with van der Waals surface area (Å²) in [6.07, 6.45) is 0.943. The van der Waals surface area contributed by atoms with Gasteiger partial charge in [-0.25, -0.2) is 8.78 Å². The molecule has 0 radical (unpaired) electrons. The Balaban J connectivity index is 1.36. The van der Waals surface area contributed by atoms with E-state index in [2.05, 4.69) is 10.6 Å². The summed E-state index contributed by atoms with van der Waals surface area (Å²) in [6.45, 7) is 0.538. The molecule has 2 aliphatic carbocycles. The van der Waals surface area contributed by atoms with Crippen molar-refractivity contribution < 1.29 is 28.3 Å². The maximum absolute atomic E-state index is 15.3. The van der Waals surface area contributed by atoms with Crippen LogP contribution in [-0.4, -0.2) is 58.3 Å². The molecule has 0 aromatic heterocycles. The van der Waals surface area contributed by atoms with Gasteiger partial charge in [-0.3, -0.25) is 14.4 Å².